The van der Waals surface area contributed by atoms with Crippen molar-refractivity contribution in [3.63, 3.8) is 0 Å². The van der Waals surface area contributed by atoms with Crippen molar-refractivity contribution in [3.8, 4) is 11.5 Å². The number of aromatic nitrogens is 5. The molecule has 0 saturated carbocycles. The molecule has 0 fully saturated rings. The third-order valence-electron chi connectivity index (χ3n) is 3.60. The second kappa shape index (κ2) is 6.48. The van der Waals surface area contributed by atoms with Crippen molar-refractivity contribution in [2.45, 2.75) is 32.5 Å². The topological polar surface area (TPSA) is 81.7 Å². The van der Waals surface area contributed by atoms with Crippen molar-refractivity contribution in [3.05, 3.63) is 48.7 Å². The molecule has 0 aliphatic heterocycles. The smallest absolute Gasteiger partial charge is 0.240 e. The number of hydrogen-bond donors (Lipinski definition) is 1. The molecule has 0 saturated heterocycles. The first kappa shape index (κ1) is 14.4. The van der Waals surface area contributed by atoms with Gasteiger partial charge in [0, 0.05) is 24.6 Å². The molecule has 0 radical (unpaired) electrons. The Morgan fingerprint density at radius 2 is 2.14 bits per heavy atom. The van der Waals surface area contributed by atoms with Crippen LogP contribution in [0.25, 0.3) is 11.5 Å². The van der Waals surface area contributed by atoms with Gasteiger partial charge in [-0.2, -0.15) is 10.1 Å². The summed E-state index contributed by atoms with van der Waals surface area (Å²) < 4.78 is 7.18. The summed E-state index contributed by atoms with van der Waals surface area (Å²) in [6, 6.07) is 7.96. The number of rotatable bonds is 6. The van der Waals surface area contributed by atoms with Crippen molar-refractivity contribution in [1.29, 1.82) is 0 Å². The molecule has 0 aliphatic rings. The zero-order valence-electron chi connectivity index (χ0n) is 12.5. The lowest BCUT2D eigenvalue weighted by Gasteiger charge is -2.20. The Morgan fingerprint density at radius 3 is 2.86 bits per heavy atom. The zero-order valence-corrected chi connectivity index (χ0v) is 12.5. The monoisotopic (exact) mass is 298 g/mol. The highest BCUT2D eigenvalue weighted by Gasteiger charge is 2.15. The highest BCUT2D eigenvalue weighted by atomic mass is 16.5. The van der Waals surface area contributed by atoms with Crippen LogP contribution in [-0.4, -0.2) is 30.9 Å². The van der Waals surface area contributed by atoms with Gasteiger partial charge in [-0.3, -0.25) is 9.67 Å². The van der Waals surface area contributed by atoms with Crippen molar-refractivity contribution in [2.24, 2.45) is 0 Å². The molecule has 7 heteroatoms. The van der Waals surface area contributed by atoms with E-state index >= 15 is 0 Å². The molecule has 3 rings (SSSR count). The maximum absolute atomic E-state index is 5.25. The molecule has 3 heterocycles. The van der Waals surface area contributed by atoms with E-state index in [0.717, 1.165) is 0 Å². The number of hydrogen-bond acceptors (Lipinski definition) is 6. The van der Waals surface area contributed by atoms with Crippen LogP contribution in [0.2, 0.25) is 0 Å². The maximum Gasteiger partial charge on any atom is 0.240 e. The van der Waals surface area contributed by atoms with Gasteiger partial charge in [0.05, 0.1) is 12.6 Å². The average molecular weight is 298 g/mol. The lowest BCUT2D eigenvalue weighted by atomic mass is 10.2. The Labute approximate surface area is 128 Å². The molecule has 114 valence electrons. The zero-order chi connectivity index (χ0) is 15.4. The predicted molar refractivity (Wildman–Crippen MR) is 80.8 cm³/mol. The van der Waals surface area contributed by atoms with Gasteiger partial charge in [-0.15, -0.1) is 0 Å². The Hall–Kier alpha value is -2.54. The van der Waals surface area contributed by atoms with Crippen LogP contribution in [0.1, 0.15) is 25.8 Å². The van der Waals surface area contributed by atoms with E-state index in [0.29, 0.717) is 24.0 Å². The molecule has 0 amide bonds. The van der Waals surface area contributed by atoms with Crippen molar-refractivity contribution in [2.75, 3.05) is 0 Å². The fraction of sp³-hybridized carbons (Fsp3) is 0.333. The summed E-state index contributed by atoms with van der Waals surface area (Å²) in [6.45, 7) is 4.72. The highest BCUT2D eigenvalue weighted by Crippen LogP contribution is 2.13. The minimum atomic E-state index is 0.213. The molecule has 3 aromatic rings. The largest absolute Gasteiger partial charge is 0.337 e. The van der Waals surface area contributed by atoms with Gasteiger partial charge in [-0.25, -0.2) is 0 Å². The molecular formula is C15H18N6O. The summed E-state index contributed by atoms with van der Waals surface area (Å²) in [6.07, 6.45) is 5.44. The summed E-state index contributed by atoms with van der Waals surface area (Å²) in [5.41, 5.74) is 0.704. The van der Waals surface area contributed by atoms with Crippen LogP contribution in [0.4, 0.5) is 0 Å². The highest BCUT2D eigenvalue weighted by molar-refractivity contribution is 5.46. The van der Waals surface area contributed by atoms with E-state index in [2.05, 4.69) is 39.4 Å². The van der Waals surface area contributed by atoms with Gasteiger partial charge in [-0.1, -0.05) is 11.2 Å². The number of nitrogens with zero attached hydrogens (tertiary/aromatic N) is 5. The lowest BCUT2D eigenvalue weighted by molar-refractivity contribution is 0.325. The number of nitrogens with one attached hydrogen (secondary N) is 1. The third kappa shape index (κ3) is 3.20. The molecule has 2 atom stereocenters. The van der Waals surface area contributed by atoms with E-state index in [4.69, 9.17) is 4.52 Å². The SMILES string of the molecule is C[C@H](NCc1nc(-c2ccccn2)no1)[C@@H](C)n1cccn1. The van der Waals surface area contributed by atoms with Crippen LogP contribution >= 0.6 is 0 Å². The van der Waals surface area contributed by atoms with E-state index < -0.39 is 0 Å². The van der Waals surface area contributed by atoms with Crippen molar-refractivity contribution in [1.82, 2.24) is 30.2 Å². The van der Waals surface area contributed by atoms with Crippen LogP contribution in [-0.2, 0) is 6.54 Å². The molecule has 3 aromatic heterocycles. The van der Waals surface area contributed by atoms with E-state index in [1.54, 1.807) is 12.4 Å². The lowest BCUT2D eigenvalue weighted by Crippen LogP contribution is -2.33. The second-order valence-electron chi connectivity index (χ2n) is 5.12. The fourth-order valence-electron chi connectivity index (χ4n) is 2.10. The minimum absolute atomic E-state index is 0.213. The minimum Gasteiger partial charge on any atom is -0.337 e. The molecule has 22 heavy (non-hydrogen) atoms. The Kier molecular flexibility index (Phi) is 4.24. The standard InChI is InChI=1S/C15H18N6O/c1-11(12(2)21-9-5-8-18-21)17-10-14-19-15(20-22-14)13-6-3-4-7-16-13/h3-9,11-12,17H,10H2,1-2H3/t11-,12+/m0/s1. The first-order valence-electron chi connectivity index (χ1n) is 7.20. The van der Waals surface area contributed by atoms with Crippen LogP contribution in [0.15, 0.2) is 47.4 Å². The van der Waals surface area contributed by atoms with Crippen LogP contribution in [0.3, 0.4) is 0 Å². The van der Waals surface area contributed by atoms with Crippen molar-refractivity contribution < 1.29 is 4.52 Å². The van der Waals surface area contributed by atoms with Gasteiger partial charge in [0.15, 0.2) is 0 Å². The number of pyridine rings is 1. The van der Waals surface area contributed by atoms with Gasteiger partial charge in [0.2, 0.25) is 11.7 Å². The van der Waals surface area contributed by atoms with E-state index in [1.165, 1.54) is 0 Å². The maximum atomic E-state index is 5.25. The second-order valence-corrected chi connectivity index (χ2v) is 5.12. The van der Waals surface area contributed by atoms with Gasteiger partial charge in [-0.05, 0) is 32.0 Å². The van der Waals surface area contributed by atoms with Crippen molar-refractivity contribution >= 4 is 0 Å². The Morgan fingerprint density at radius 1 is 1.23 bits per heavy atom. The quantitative estimate of drug-likeness (QED) is 0.750. The molecule has 1 N–H and O–H groups in total. The Bertz CT molecular complexity index is 694. The summed E-state index contributed by atoms with van der Waals surface area (Å²) in [5.74, 6) is 1.05. The summed E-state index contributed by atoms with van der Waals surface area (Å²) in [7, 11) is 0. The van der Waals surface area contributed by atoms with Gasteiger partial charge in [0.25, 0.3) is 0 Å². The van der Waals surface area contributed by atoms with E-state index in [1.807, 2.05) is 35.1 Å². The normalized spacial score (nSPS) is 13.9. The van der Waals surface area contributed by atoms with Crippen LogP contribution in [0.5, 0.6) is 0 Å². The molecule has 0 bridgehead atoms. The van der Waals surface area contributed by atoms with Gasteiger partial charge < -0.3 is 9.84 Å². The Balaban J connectivity index is 1.59. The third-order valence-corrected chi connectivity index (χ3v) is 3.60. The van der Waals surface area contributed by atoms with E-state index in [-0.39, 0.29) is 12.1 Å². The predicted octanol–water partition coefficient (Wildman–Crippen LogP) is 2.07. The summed E-state index contributed by atoms with van der Waals surface area (Å²) >= 11 is 0. The summed E-state index contributed by atoms with van der Waals surface area (Å²) in [5, 5.41) is 11.6. The first-order chi connectivity index (χ1) is 10.7. The van der Waals surface area contributed by atoms with Crippen LogP contribution in [0, 0.1) is 0 Å². The van der Waals surface area contributed by atoms with Crippen LogP contribution < -0.4 is 5.32 Å². The van der Waals surface area contributed by atoms with E-state index in [9.17, 15) is 0 Å². The van der Waals surface area contributed by atoms with Gasteiger partial charge >= 0.3 is 0 Å². The molecule has 0 aliphatic carbocycles. The molecule has 0 spiro atoms. The molecule has 0 unspecified atom stereocenters. The molecule has 0 aromatic carbocycles. The molecular weight excluding hydrogens is 280 g/mol. The summed E-state index contributed by atoms with van der Waals surface area (Å²) in [4.78, 5) is 8.55. The van der Waals surface area contributed by atoms with Gasteiger partial charge in [0.1, 0.15) is 5.69 Å². The fourth-order valence-corrected chi connectivity index (χ4v) is 2.10. The molecule has 7 nitrogen and oxygen atoms in total. The average Bonchev–Trinajstić information content (AvgIpc) is 3.24. The first-order valence-corrected chi connectivity index (χ1v) is 7.20.